The van der Waals surface area contributed by atoms with E-state index < -0.39 is 11.9 Å². The number of hydrogen-bond acceptors (Lipinski definition) is 5. The highest BCUT2D eigenvalue weighted by Crippen LogP contribution is 2.29. The molecule has 0 radical (unpaired) electrons. The van der Waals surface area contributed by atoms with Crippen LogP contribution in [0.4, 0.5) is 5.69 Å². The van der Waals surface area contributed by atoms with E-state index in [9.17, 15) is 9.59 Å². The van der Waals surface area contributed by atoms with Gasteiger partial charge < -0.3 is 19.5 Å². The van der Waals surface area contributed by atoms with Crippen molar-refractivity contribution in [1.29, 1.82) is 0 Å². The summed E-state index contributed by atoms with van der Waals surface area (Å²) < 4.78 is 16.3. The average molecular weight is 371 g/mol. The molecule has 0 aromatic heterocycles. The third-order valence-corrected chi connectivity index (χ3v) is 3.63. The molecule has 0 spiro atoms. The molecule has 0 bridgehead atoms. The van der Waals surface area contributed by atoms with E-state index in [4.69, 9.17) is 14.2 Å². The van der Waals surface area contributed by atoms with Gasteiger partial charge in [0.2, 0.25) is 0 Å². The van der Waals surface area contributed by atoms with E-state index in [2.05, 4.69) is 12.2 Å². The van der Waals surface area contributed by atoms with Crippen LogP contribution in [0.3, 0.4) is 0 Å². The van der Waals surface area contributed by atoms with Gasteiger partial charge in [-0.15, -0.1) is 0 Å². The van der Waals surface area contributed by atoms with Gasteiger partial charge in [-0.3, -0.25) is 4.79 Å². The lowest BCUT2D eigenvalue weighted by atomic mass is 10.2. The zero-order chi connectivity index (χ0) is 19.5. The second kappa shape index (κ2) is 10.9. The molecule has 2 rings (SSSR count). The summed E-state index contributed by atoms with van der Waals surface area (Å²) in [4.78, 5) is 24.1. The summed E-state index contributed by atoms with van der Waals surface area (Å²) in [5.74, 6) is 0.0684. The maximum Gasteiger partial charge on any atom is 0.338 e. The van der Waals surface area contributed by atoms with E-state index in [1.54, 1.807) is 42.5 Å². The molecule has 6 heteroatoms. The molecule has 0 atom stereocenters. The van der Waals surface area contributed by atoms with Gasteiger partial charge in [0.05, 0.1) is 18.8 Å². The van der Waals surface area contributed by atoms with Gasteiger partial charge in [0.15, 0.2) is 18.1 Å². The summed E-state index contributed by atoms with van der Waals surface area (Å²) in [6, 6.07) is 13.8. The molecule has 0 aliphatic heterocycles. The second-order valence-corrected chi connectivity index (χ2v) is 5.79. The Hall–Kier alpha value is -3.02. The van der Waals surface area contributed by atoms with Crippen LogP contribution in [0.25, 0.3) is 0 Å². The first-order valence-electron chi connectivity index (χ1n) is 9.05. The van der Waals surface area contributed by atoms with Crippen LogP contribution in [0, 0.1) is 0 Å². The maximum atomic E-state index is 12.2. The number of benzene rings is 2. The van der Waals surface area contributed by atoms with Gasteiger partial charge in [-0.2, -0.15) is 0 Å². The smallest absolute Gasteiger partial charge is 0.338 e. The van der Waals surface area contributed by atoms with E-state index >= 15 is 0 Å². The highest BCUT2D eigenvalue weighted by molar-refractivity contribution is 5.95. The number of para-hydroxylation sites is 1. The first kappa shape index (κ1) is 20.3. The van der Waals surface area contributed by atoms with Crippen molar-refractivity contribution in [2.45, 2.75) is 26.7 Å². The van der Waals surface area contributed by atoms with E-state index in [1.807, 2.05) is 13.0 Å². The van der Waals surface area contributed by atoms with Crippen molar-refractivity contribution >= 4 is 17.6 Å². The summed E-state index contributed by atoms with van der Waals surface area (Å²) in [6.45, 7) is 4.60. The van der Waals surface area contributed by atoms with Gasteiger partial charge in [-0.1, -0.05) is 31.5 Å². The fraction of sp³-hybridized carbons (Fsp3) is 0.333. The minimum atomic E-state index is -0.598. The standard InChI is InChI=1S/C21H25NO5/c1-3-5-13-26-18-12-11-16(14-19(18)25-4-2)21(24)27-15-20(23)22-17-9-7-6-8-10-17/h6-12,14H,3-5,13,15H2,1-2H3,(H,22,23). The Bertz CT molecular complexity index is 745. The number of carbonyl (C=O) groups is 2. The van der Waals surface area contributed by atoms with Gasteiger partial charge in [0, 0.05) is 5.69 Å². The number of esters is 1. The summed E-state index contributed by atoms with van der Waals surface area (Å²) in [5.41, 5.74) is 0.944. The van der Waals surface area contributed by atoms with Crippen molar-refractivity contribution in [2.24, 2.45) is 0 Å². The lowest BCUT2D eigenvalue weighted by molar-refractivity contribution is -0.119. The highest BCUT2D eigenvalue weighted by atomic mass is 16.5. The lowest BCUT2D eigenvalue weighted by Gasteiger charge is -2.13. The summed E-state index contributed by atoms with van der Waals surface area (Å²) >= 11 is 0. The van der Waals surface area contributed by atoms with Crippen molar-refractivity contribution in [3.05, 3.63) is 54.1 Å². The molecule has 1 amide bonds. The molecular formula is C21H25NO5. The van der Waals surface area contributed by atoms with Gasteiger partial charge in [0.25, 0.3) is 5.91 Å². The average Bonchev–Trinajstić information content (AvgIpc) is 2.68. The molecule has 0 fully saturated rings. The van der Waals surface area contributed by atoms with E-state index in [0.29, 0.717) is 36.0 Å². The molecule has 0 saturated carbocycles. The number of nitrogens with one attached hydrogen (secondary N) is 1. The van der Waals surface area contributed by atoms with E-state index in [1.165, 1.54) is 0 Å². The Morgan fingerprint density at radius 2 is 1.74 bits per heavy atom. The Balaban J connectivity index is 1.94. The highest BCUT2D eigenvalue weighted by Gasteiger charge is 2.14. The van der Waals surface area contributed by atoms with E-state index in [-0.39, 0.29) is 6.61 Å². The normalized spacial score (nSPS) is 10.1. The summed E-state index contributed by atoms with van der Waals surface area (Å²) in [5, 5.41) is 2.66. The second-order valence-electron chi connectivity index (χ2n) is 5.79. The number of ether oxygens (including phenoxy) is 3. The van der Waals surface area contributed by atoms with Crippen LogP contribution in [0.15, 0.2) is 48.5 Å². The van der Waals surface area contributed by atoms with Crippen LogP contribution in [0.2, 0.25) is 0 Å². The van der Waals surface area contributed by atoms with Crippen LogP contribution < -0.4 is 14.8 Å². The Morgan fingerprint density at radius 1 is 0.963 bits per heavy atom. The van der Waals surface area contributed by atoms with Gasteiger partial charge in [0.1, 0.15) is 0 Å². The third kappa shape index (κ3) is 6.66. The van der Waals surface area contributed by atoms with Crippen molar-refractivity contribution in [1.82, 2.24) is 0 Å². The molecule has 0 heterocycles. The minimum absolute atomic E-state index is 0.300. The number of unbranched alkanes of at least 4 members (excludes halogenated alkanes) is 1. The quantitative estimate of drug-likeness (QED) is 0.504. The molecule has 0 aliphatic rings. The predicted octanol–water partition coefficient (Wildman–Crippen LogP) is 4.06. The van der Waals surface area contributed by atoms with Crippen LogP contribution >= 0.6 is 0 Å². The topological polar surface area (TPSA) is 73.9 Å². The Morgan fingerprint density at radius 3 is 2.44 bits per heavy atom. The van der Waals surface area contributed by atoms with Crippen molar-refractivity contribution < 1.29 is 23.8 Å². The lowest BCUT2D eigenvalue weighted by Crippen LogP contribution is -2.20. The molecule has 2 aromatic rings. The SMILES string of the molecule is CCCCOc1ccc(C(=O)OCC(=O)Nc2ccccc2)cc1OCC. The molecule has 1 N–H and O–H groups in total. The van der Waals surface area contributed by atoms with Crippen LogP contribution in [0.5, 0.6) is 11.5 Å². The maximum absolute atomic E-state index is 12.2. The number of hydrogen-bond donors (Lipinski definition) is 1. The molecule has 0 unspecified atom stereocenters. The first-order chi connectivity index (χ1) is 13.1. The van der Waals surface area contributed by atoms with Crippen molar-refractivity contribution in [2.75, 3.05) is 25.1 Å². The Labute approximate surface area is 159 Å². The summed E-state index contributed by atoms with van der Waals surface area (Å²) in [6.07, 6.45) is 1.96. The van der Waals surface area contributed by atoms with Gasteiger partial charge in [-0.05, 0) is 43.7 Å². The fourth-order valence-electron chi connectivity index (χ4n) is 2.28. The first-order valence-corrected chi connectivity index (χ1v) is 9.05. The number of anilines is 1. The van der Waals surface area contributed by atoms with Crippen molar-refractivity contribution in [3.8, 4) is 11.5 Å². The molecular weight excluding hydrogens is 346 g/mol. The summed E-state index contributed by atoms with van der Waals surface area (Å²) in [7, 11) is 0. The number of rotatable bonds is 10. The Kier molecular flexibility index (Phi) is 8.16. The third-order valence-electron chi connectivity index (χ3n) is 3.63. The molecule has 6 nitrogen and oxygen atoms in total. The van der Waals surface area contributed by atoms with Gasteiger partial charge >= 0.3 is 5.97 Å². The molecule has 0 aliphatic carbocycles. The largest absolute Gasteiger partial charge is 0.490 e. The number of carbonyl (C=O) groups excluding carboxylic acids is 2. The zero-order valence-corrected chi connectivity index (χ0v) is 15.7. The van der Waals surface area contributed by atoms with Crippen molar-refractivity contribution in [3.63, 3.8) is 0 Å². The predicted molar refractivity (Wildman–Crippen MR) is 103 cm³/mol. The zero-order valence-electron chi connectivity index (χ0n) is 15.7. The van der Waals surface area contributed by atoms with Gasteiger partial charge in [-0.25, -0.2) is 4.79 Å². The molecule has 27 heavy (non-hydrogen) atoms. The van der Waals surface area contributed by atoms with Crippen LogP contribution in [0.1, 0.15) is 37.0 Å². The van der Waals surface area contributed by atoms with E-state index in [0.717, 1.165) is 12.8 Å². The van der Waals surface area contributed by atoms with Crippen LogP contribution in [-0.2, 0) is 9.53 Å². The van der Waals surface area contributed by atoms with Crippen LogP contribution in [-0.4, -0.2) is 31.7 Å². The molecule has 2 aromatic carbocycles. The minimum Gasteiger partial charge on any atom is -0.490 e. The number of amides is 1. The molecule has 144 valence electrons. The monoisotopic (exact) mass is 371 g/mol. The molecule has 0 saturated heterocycles. The fourth-order valence-corrected chi connectivity index (χ4v) is 2.28.